The van der Waals surface area contributed by atoms with Crippen LogP contribution < -0.4 is 0 Å². The molecule has 6 atom stereocenters. The minimum Gasteiger partial charge on any atom is -0.453 e. The first-order valence-electron chi connectivity index (χ1n) is 10.0. The van der Waals surface area contributed by atoms with E-state index in [1.54, 1.807) is 74.5 Å². The van der Waals surface area contributed by atoms with Gasteiger partial charge in [0.2, 0.25) is 0 Å². The van der Waals surface area contributed by atoms with Gasteiger partial charge in [-0.3, -0.25) is 0 Å². The molecule has 1 saturated heterocycles. The van der Waals surface area contributed by atoms with Gasteiger partial charge >= 0.3 is 11.9 Å². The molecule has 2 aliphatic rings. The molecule has 0 aromatic heterocycles. The molecule has 0 amide bonds. The molecule has 0 unspecified atom stereocenters. The molecule has 8 nitrogen and oxygen atoms in total. The predicted octanol–water partition coefficient (Wildman–Crippen LogP) is 1.69. The summed E-state index contributed by atoms with van der Waals surface area (Å²) in [4.78, 5) is 25.1. The Hall–Kier alpha value is -2.78. The number of ether oxygens (including phenoxy) is 4. The lowest BCUT2D eigenvalue weighted by Gasteiger charge is -2.42. The van der Waals surface area contributed by atoms with Crippen molar-refractivity contribution >= 4 is 11.9 Å². The highest BCUT2D eigenvalue weighted by molar-refractivity contribution is 5.90. The van der Waals surface area contributed by atoms with E-state index in [1.807, 2.05) is 0 Å². The molecule has 1 aliphatic heterocycles. The Morgan fingerprint density at radius 1 is 0.742 bits per heavy atom. The number of carbonyl (C=O) groups excluding carboxylic acids is 2. The zero-order valence-electron chi connectivity index (χ0n) is 17.1. The predicted molar refractivity (Wildman–Crippen MR) is 107 cm³/mol. The van der Waals surface area contributed by atoms with Gasteiger partial charge in [0.15, 0.2) is 18.0 Å². The quantitative estimate of drug-likeness (QED) is 0.708. The molecule has 0 radical (unpaired) electrons. The van der Waals surface area contributed by atoms with E-state index in [0.29, 0.717) is 0 Å². The maximum atomic E-state index is 12.6. The molecule has 2 aromatic rings. The second-order valence-electron chi connectivity index (χ2n) is 8.02. The number of aliphatic hydroxyl groups excluding tert-OH is 2. The molecule has 4 rings (SSSR count). The summed E-state index contributed by atoms with van der Waals surface area (Å²) in [6, 6.07) is 16.6. The Morgan fingerprint density at radius 2 is 1.10 bits per heavy atom. The number of hydrogen-bond donors (Lipinski definition) is 2. The number of esters is 2. The van der Waals surface area contributed by atoms with Crippen LogP contribution in [0.25, 0.3) is 0 Å². The molecule has 164 valence electrons. The SMILES string of the molecule is CC1(C)O[C@@H]2[C@H](O1)[C@@H](OC(=O)c1ccccc1)[C@H](O)[C@@H](O)[C@@H]2OC(=O)c1ccccc1. The zero-order valence-corrected chi connectivity index (χ0v) is 17.1. The molecule has 1 saturated carbocycles. The molecular formula is C23H24O8. The summed E-state index contributed by atoms with van der Waals surface area (Å²) in [5.74, 6) is -2.46. The summed E-state index contributed by atoms with van der Waals surface area (Å²) in [5, 5.41) is 21.5. The largest absolute Gasteiger partial charge is 0.453 e. The van der Waals surface area contributed by atoms with E-state index < -0.39 is 54.3 Å². The van der Waals surface area contributed by atoms with Crippen molar-refractivity contribution in [2.75, 3.05) is 0 Å². The molecule has 2 aromatic carbocycles. The Bertz CT molecular complexity index is 854. The Kier molecular flexibility index (Phi) is 5.81. The third-order valence-electron chi connectivity index (χ3n) is 5.34. The van der Waals surface area contributed by atoms with Crippen molar-refractivity contribution in [1.29, 1.82) is 0 Å². The van der Waals surface area contributed by atoms with Gasteiger partial charge in [-0.1, -0.05) is 36.4 Å². The average molecular weight is 428 g/mol. The van der Waals surface area contributed by atoms with E-state index in [9.17, 15) is 19.8 Å². The number of rotatable bonds is 4. The molecule has 0 bridgehead atoms. The molecule has 1 heterocycles. The number of fused-ring (bicyclic) bond motifs is 1. The highest BCUT2D eigenvalue weighted by Gasteiger charge is 2.60. The van der Waals surface area contributed by atoms with Crippen LogP contribution in [0.2, 0.25) is 0 Å². The van der Waals surface area contributed by atoms with Crippen molar-refractivity contribution in [1.82, 2.24) is 0 Å². The van der Waals surface area contributed by atoms with Crippen LogP contribution in [0.5, 0.6) is 0 Å². The lowest BCUT2D eigenvalue weighted by Crippen LogP contribution is -2.64. The van der Waals surface area contributed by atoms with Gasteiger partial charge in [-0.15, -0.1) is 0 Å². The van der Waals surface area contributed by atoms with E-state index >= 15 is 0 Å². The van der Waals surface area contributed by atoms with Crippen molar-refractivity contribution in [2.24, 2.45) is 0 Å². The van der Waals surface area contributed by atoms with Crippen LogP contribution in [-0.2, 0) is 18.9 Å². The molecular weight excluding hydrogens is 404 g/mol. The van der Waals surface area contributed by atoms with Crippen LogP contribution >= 0.6 is 0 Å². The molecule has 2 fully saturated rings. The van der Waals surface area contributed by atoms with Crippen LogP contribution in [0.3, 0.4) is 0 Å². The lowest BCUT2D eigenvalue weighted by atomic mass is 9.84. The second-order valence-corrected chi connectivity index (χ2v) is 8.02. The standard InChI is InChI=1S/C23H24O8/c1-23(2)30-19-17(28-21(26)13-9-5-3-6-10-13)15(24)16(25)18(20(19)31-23)29-22(27)14-11-7-4-8-12-14/h3-12,15-20,24-25H,1-2H3/t15-,16-,17+,18+,19-,20+/m1/s1. The van der Waals surface area contributed by atoms with Crippen molar-refractivity contribution in [3.8, 4) is 0 Å². The first kappa shape index (κ1) is 21.5. The van der Waals surface area contributed by atoms with Crippen LogP contribution in [0, 0.1) is 0 Å². The van der Waals surface area contributed by atoms with Gasteiger partial charge in [0.1, 0.15) is 24.4 Å². The van der Waals surface area contributed by atoms with Crippen LogP contribution in [0.4, 0.5) is 0 Å². The van der Waals surface area contributed by atoms with Gasteiger partial charge in [0, 0.05) is 0 Å². The Balaban J connectivity index is 1.57. The maximum absolute atomic E-state index is 12.6. The van der Waals surface area contributed by atoms with Crippen molar-refractivity contribution in [3.63, 3.8) is 0 Å². The van der Waals surface area contributed by atoms with Crippen molar-refractivity contribution in [2.45, 2.75) is 56.3 Å². The number of aliphatic hydroxyl groups is 2. The summed E-state index contributed by atoms with van der Waals surface area (Å²) >= 11 is 0. The fourth-order valence-corrected chi connectivity index (χ4v) is 3.91. The Labute approximate surface area is 179 Å². The average Bonchev–Trinajstić information content (AvgIpc) is 3.10. The normalized spacial score (nSPS) is 31.5. The minimum atomic E-state index is -1.56. The van der Waals surface area contributed by atoms with Gasteiger partial charge in [0.25, 0.3) is 0 Å². The number of benzene rings is 2. The fourth-order valence-electron chi connectivity index (χ4n) is 3.91. The molecule has 0 spiro atoms. The summed E-state index contributed by atoms with van der Waals surface area (Å²) in [5.41, 5.74) is 0.577. The molecule has 1 aliphatic carbocycles. The maximum Gasteiger partial charge on any atom is 0.338 e. The summed E-state index contributed by atoms with van der Waals surface area (Å²) < 4.78 is 22.8. The van der Waals surface area contributed by atoms with Gasteiger partial charge < -0.3 is 29.2 Å². The van der Waals surface area contributed by atoms with E-state index in [2.05, 4.69) is 0 Å². The van der Waals surface area contributed by atoms with Gasteiger partial charge in [0.05, 0.1) is 11.1 Å². The number of carbonyl (C=O) groups is 2. The van der Waals surface area contributed by atoms with E-state index in [1.165, 1.54) is 0 Å². The molecule has 8 heteroatoms. The summed E-state index contributed by atoms with van der Waals surface area (Å²) in [6.07, 6.45) is -7.45. The first-order valence-corrected chi connectivity index (χ1v) is 10.0. The van der Waals surface area contributed by atoms with Crippen LogP contribution in [-0.4, -0.2) is 64.6 Å². The Morgan fingerprint density at radius 3 is 1.45 bits per heavy atom. The van der Waals surface area contributed by atoms with E-state index in [0.717, 1.165) is 0 Å². The van der Waals surface area contributed by atoms with E-state index in [-0.39, 0.29) is 11.1 Å². The second kappa shape index (κ2) is 8.39. The monoisotopic (exact) mass is 428 g/mol. The third-order valence-corrected chi connectivity index (χ3v) is 5.34. The lowest BCUT2D eigenvalue weighted by molar-refractivity contribution is -0.193. The van der Waals surface area contributed by atoms with Gasteiger partial charge in [-0.25, -0.2) is 9.59 Å². The summed E-state index contributed by atoms with van der Waals surface area (Å²) in [7, 11) is 0. The summed E-state index contributed by atoms with van der Waals surface area (Å²) in [6.45, 7) is 3.30. The molecule has 31 heavy (non-hydrogen) atoms. The van der Waals surface area contributed by atoms with E-state index in [4.69, 9.17) is 18.9 Å². The first-order chi connectivity index (χ1) is 14.8. The third kappa shape index (κ3) is 4.33. The number of hydrogen-bond acceptors (Lipinski definition) is 8. The highest BCUT2D eigenvalue weighted by atomic mass is 16.8. The van der Waals surface area contributed by atoms with Crippen LogP contribution in [0.15, 0.2) is 60.7 Å². The minimum absolute atomic E-state index is 0.288. The zero-order chi connectivity index (χ0) is 22.2. The topological polar surface area (TPSA) is 112 Å². The van der Waals surface area contributed by atoms with Crippen LogP contribution in [0.1, 0.15) is 34.6 Å². The van der Waals surface area contributed by atoms with Gasteiger partial charge in [-0.2, -0.15) is 0 Å². The highest BCUT2D eigenvalue weighted by Crippen LogP contribution is 2.40. The molecule has 2 N–H and O–H groups in total. The van der Waals surface area contributed by atoms with Crippen molar-refractivity contribution < 1.29 is 38.7 Å². The fraction of sp³-hybridized carbons (Fsp3) is 0.391. The van der Waals surface area contributed by atoms with Gasteiger partial charge in [-0.05, 0) is 38.1 Å². The smallest absolute Gasteiger partial charge is 0.338 e. The van der Waals surface area contributed by atoms with Crippen molar-refractivity contribution in [3.05, 3.63) is 71.8 Å².